The topological polar surface area (TPSA) is 76.3 Å². The van der Waals surface area contributed by atoms with Crippen molar-refractivity contribution in [3.05, 3.63) is 29.6 Å². The first-order valence-corrected chi connectivity index (χ1v) is 5.06. The summed E-state index contributed by atoms with van der Waals surface area (Å²) in [5.41, 5.74) is 6.46. The zero-order chi connectivity index (χ0) is 12.0. The molecule has 1 aromatic heterocycles. The summed E-state index contributed by atoms with van der Waals surface area (Å²) in [6.45, 7) is 3.35. The number of aromatic nitrogens is 1. The van der Waals surface area contributed by atoms with Crippen LogP contribution in [-0.4, -0.2) is 35.2 Å². The molecule has 0 radical (unpaired) electrons. The number of carbonyl (C=O) groups excluding carboxylic acids is 2. The summed E-state index contributed by atoms with van der Waals surface area (Å²) in [5, 5.41) is 0. The lowest BCUT2D eigenvalue weighted by molar-refractivity contribution is -0.119. The molecule has 1 amide bonds. The number of hydrogen-bond donors (Lipinski definition) is 1. The standard InChI is InChI=1S/C11H15N3O2/c1-2-14(7-11(12)16)6-10-5-9(8-15)3-4-13-10/h3-5,8H,2,6-7H2,1H3,(H2,12,16). The van der Waals surface area contributed by atoms with Crippen LogP contribution in [0.2, 0.25) is 0 Å². The molecule has 0 saturated carbocycles. The number of primary amides is 1. The average Bonchev–Trinajstić information content (AvgIpc) is 2.28. The SMILES string of the molecule is CCN(CC(N)=O)Cc1cc(C=O)ccn1. The van der Waals surface area contributed by atoms with Crippen LogP contribution in [0.4, 0.5) is 0 Å². The summed E-state index contributed by atoms with van der Waals surface area (Å²) >= 11 is 0. The highest BCUT2D eigenvalue weighted by Gasteiger charge is 2.07. The molecular weight excluding hydrogens is 206 g/mol. The Morgan fingerprint density at radius 2 is 2.38 bits per heavy atom. The van der Waals surface area contributed by atoms with E-state index < -0.39 is 0 Å². The van der Waals surface area contributed by atoms with Crippen molar-refractivity contribution < 1.29 is 9.59 Å². The number of pyridine rings is 1. The van der Waals surface area contributed by atoms with E-state index in [-0.39, 0.29) is 12.5 Å². The predicted octanol–water partition coefficient (Wildman–Crippen LogP) is 0.201. The van der Waals surface area contributed by atoms with Gasteiger partial charge < -0.3 is 5.73 Å². The predicted molar refractivity (Wildman–Crippen MR) is 59.8 cm³/mol. The number of nitrogens with two attached hydrogens (primary N) is 1. The van der Waals surface area contributed by atoms with E-state index in [1.54, 1.807) is 18.3 Å². The minimum Gasteiger partial charge on any atom is -0.369 e. The molecule has 86 valence electrons. The Kier molecular flexibility index (Phi) is 4.60. The van der Waals surface area contributed by atoms with Gasteiger partial charge in [-0.25, -0.2) is 0 Å². The van der Waals surface area contributed by atoms with E-state index in [0.717, 1.165) is 12.0 Å². The van der Waals surface area contributed by atoms with Crippen molar-refractivity contribution in [1.82, 2.24) is 9.88 Å². The van der Waals surface area contributed by atoms with Crippen molar-refractivity contribution >= 4 is 12.2 Å². The summed E-state index contributed by atoms with van der Waals surface area (Å²) in [4.78, 5) is 27.4. The quantitative estimate of drug-likeness (QED) is 0.696. The first-order chi connectivity index (χ1) is 7.65. The Labute approximate surface area is 94.3 Å². The average molecular weight is 221 g/mol. The second-order valence-electron chi connectivity index (χ2n) is 3.47. The maximum atomic E-state index is 10.8. The summed E-state index contributed by atoms with van der Waals surface area (Å²) in [6.07, 6.45) is 2.35. The first-order valence-electron chi connectivity index (χ1n) is 5.06. The molecule has 0 aliphatic rings. The first kappa shape index (κ1) is 12.3. The van der Waals surface area contributed by atoms with Crippen LogP contribution in [0.3, 0.4) is 0 Å². The molecule has 0 fully saturated rings. The van der Waals surface area contributed by atoms with Crippen molar-refractivity contribution in [1.29, 1.82) is 0 Å². The minimum absolute atomic E-state index is 0.198. The van der Waals surface area contributed by atoms with Gasteiger partial charge in [0.15, 0.2) is 0 Å². The second kappa shape index (κ2) is 5.97. The smallest absolute Gasteiger partial charge is 0.231 e. The van der Waals surface area contributed by atoms with E-state index in [1.165, 1.54) is 0 Å². The van der Waals surface area contributed by atoms with Crippen LogP contribution in [0.1, 0.15) is 23.0 Å². The van der Waals surface area contributed by atoms with E-state index >= 15 is 0 Å². The highest BCUT2D eigenvalue weighted by Crippen LogP contribution is 2.03. The fourth-order valence-corrected chi connectivity index (χ4v) is 1.39. The Hall–Kier alpha value is -1.75. The van der Waals surface area contributed by atoms with E-state index in [9.17, 15) is 9.59 Å². The lowest BCUT2D eigenvalue weighted by Gasteiger charge is -2.17. The van der Waals surface area contributed by atoms with Gasteiger partial charge in [-0.2, -0.15) is 0 Å². The van der Waals surface area contributed by atoms with Crippen LogP contribution >= 0.6 is 0 Å². The molecule has 0 aliphatic carbocycles. The van der Waals surface area contributed by atoms with Gasteiger partial charge in [-0.05, 0) is 18.7 Å². The molecule has 1 heterocycles. The van der Waals surface area contributed by atoms with E-state index in [0.29, 0.717) is 18.7 Å². The number of rotatable bonds is 6. The summed E-state index contributed by atoms with van der Waals surface area (Å²) in [7, 11) is 0. The maximum Gasteiger partial charge on any atom is 0.231 e. The van der Waals surface area contributed by atoms with Crippen LogP contribution in [0, 0.1) is 0 Å². The number of likely N-dealkylation sites (N-methyl/N-ethyl adjacent to an activating group) is 1. The van der Waals surface area contributed by atoms with Crippen LogP contribution in [-0.2, 0) is 11.3 Å². The molecule has 0 atom stereocenters. The molecule has 5 nitrogen and oxygen atoms in total. The minimum atomic E-state index is -0.367. The fourth-order valence-electron chi connectivity index (χ4n) is 1.39. The van der Waals surface area contributed by atoms with Crippen LogP contribution in [0.5, 0.6) is 0 Å². The Balaban J connectivity index is 2.69. The normalized spacial score (nSPS) is 10.4. The lowest BCUT2D eigenvalue weighted by atomic mass is 10.2. The van der Waals surface area contributed by atoms with Crippen LogP contribution < -0.4 is 5.73 Å². The van der Waals surface area contributed by atoms with Crippen molar-refractivity contribution in [2.24, 2.45) is 5.73 Å². The van der Waals surface area contributed by atoms with Gasteiger partial charge in [0.1, 0.15) is 6.29 Å². The lowest BCUT2D eigenvalue weighted by Crippen LogP contribution is -2.33. The van der Waals surface area contributed by atoms with Crippen molar-refractivity contribution in [3.63, 3.8) is 0 Å². The fraction of sp³-hybridized carbons (Fsp3) is 0.364. The number of carbonyl (C=O) groups is 2. The zero-order valence-corrected chi connectivity index (χ0v) is 9.22. The van der Waals surface area contributed by atoms with Gasteiger partial charge in [-0.1, -0.05) is 6.92 Å². The number of nitrogens with zero attached hydrogens (tertiary/aromatic N) is 2. The summed E-state index contributed by atoms with van der Waals surface area (Å²) in [5.74, 6) is -0.367. The Morgan fingerprint density at radius 1 is 1.62 bits per heavy atom. The van der Waals surface area contributed by atoms with Gasteiger partial charge in [-0.15, -0.1) is 0 Å². The number of aldehydes is 1. The van der Waals surface area contributed by atoms with Crippen molar-refractivity contribution in [2.75, 3.05) is 13.1 Å². The van der Waals surface area contributed by atoms with Crippen molar-refractivity contribution in [2.45, 2.75) is 13.5 Å². The summed E-state index contributed by atoms with van der Waals surface area (Å²) < 4.78 is 0. The maximum absolute atomic E-state index is 10.8. The van der Waals surface area contributed by atoms with Gasteiger partial charge in [0.25, 0.3) is 0 Å². The third-order valence-electron chi connectivity index (χ3n) is 2.19. The van der Waals surface area contributed by atoms with Gasteiger partial charge in [-0.3, -0.25) is 19.5 Å². The largest absolute Gasteiger partial charge is 0.369 e. The second-order valence-corrected chi connectivity index (χ2v) is 3.47. The van der Waals surface area contributed by atoms with Gasteiger partial charge in [0.05, 0.1) is 12.2 Å². The van der Waals surface area contributed by atoms with Gasteiger partial charge >= 0.3 is 0 Å². The molecule has 16 heavy (non-hydrogen) atoms. The molecule has 0 unspecified atom stereocenters. The molecule has 0 saturated heterocycles. The Bertz CT molecular complexity index is 379. The number of hydrogen-bond acceptors (Lipinski definition) is 4. The van der Waals surface area contributed by atoms with Gasteiger partial charge in [0.2, 0.25) is 5.91 Å². The molecule has 0 bridgehead atoms. The molecule has 0 spiro atoms. The molecular formula is C11H15N3O2. The van der Waals surface area contributed by atoms with E-state index in [2.05, 4.69) is 4.98 Å². The Morgan fingerprint density at radius 3 is 2.94 bits per heavy atom. The van der Waals surface area contributed by atoms with Gasteiger partial charge in [0, 0.05) is 18.3 Å². The molecule has 1 rings (SSSR count). The highest BCUT2D eigenvalue weighted by molar-refractivity contribution is 5.76. The molecule has 1 aromatic rings. The molecule has 2 N–H and O–H groups in total. The molecule has 5 heteroatoms. The van der Waals surface area contributed by atoms with E-state index in [1.807, 2.05) is 11.8 Å². The van der Waals surface area contributed by atoms with Crippen LogP contribution in [0.25, 0.3) is 0 Å². The third kappa shape index (κ3) is 3.78. The molecule has 0 aliphatic heterocycles. The zero-order valence-electron chi connectivity index (χ0n) is 9.22. The number of amides is 1. The van der Waals surface area contributed by atoms with E-state index in [4.69, 9.17) is 5.73 Å². The summed E-state index contributed by atoms with van der Waals surface area (Å²) in [6, 6.07) is 3.34. The molecule has 0 aromatic carbocycles. The third-order valence-corrected chi connectivity index (χ3v) is 2.19. The van der Waals surface area contributed by atoms with Crippen LogP contribution in [0.15, 0.2) is 18.3 Å². The van der Waals surface area contributed by atoms with Crippen molar-refractivity contribution in [3.8, 4) is 0 Å². The highest BCUT2D eigenvalue weighted by atomic mass is 16.1. The monoisotopic (exact) mass is 221 g/mol.